The van der Waals surface area contributed by atoms with Gasteiger partial charge < -0.3 is 25.3 Å². The first-order valence-electron chi connectivity index (χ1n) is 14.8. The molecule has 4 rings (SSSR count). The average Bonchev–Trinajstić information content (AvgIpc) is 3.35. The Labute approximate surface area is 253 Å². The fraction of sp³-hybridized carbons (Fsp3) is 0.343. The van der Waals surface area contributed by atoms with Crippen LogP contribution in [0, 0.1) is 5.92 Å². The number of amides is 1. The Bertz CT molecular complexity index is 1360. The van der Waals surface area contributed by atoms with Gasteiger partial charge in [0, 0.05) is 18.3 Å². The lowest BCUT2D eigenvalue weighted by Gasteiger charge is -2.22. The van der Waals surface area contributed by atoms with Crippen molar-refractivity contribution in [2.24, 2.45) is 5.92 Å². The van der Waals surface area contributed by atoms with Crippen LogP contribution in [0.25, 0.3) is 11.1 Å². The van der Waals surface area contributed by atoms with E-state index in [1.807, 2.05) is 36.4 Å². The zero-order valence-electron chi connectivity index (χ0n) is 24.8. The summed E-state index contributed by atoms with van der Waals surface area (Å²) in [6.07, 6.45) is 3.85. The minimum Gasteiger partial charge on any atom is -0.490 e. The van der Waals surface area contributed by atoms with Crippen LogP contribution in [0.5, 0.6) is 5.75 Å². The molecule has 0 spiro atoms. The maximum Gasteiger partial charge on any atom is 0.328 e. The highest BCUT2D eigenvalue weighted by atomic mass is 16.5. The van der Waals surface area contributed by atoms with Crippen LogP contribution in [0.1, 0.15) is 48.3 Å². The van der Waals surface area contributed by atoms with Gasteiger partial charge in [-0.1, -0.05) is 73.3 Å². The Hall–Kier alpha value is -4.43. The summed E-state index contributed by atoms with van der Waals surface area (Å²) >= 11 is 0. The van der Waals surface area contributed by atoms with Crippen LogP contribution in [0.15, 0.2) is 85.5 Å². The number of nitrogens with one attached hydrogen (secondary N) is 1. The van der Waals surface area contributed by atoms with Crippen LogP contribution in [0.3, 0.4) is 0 Å². The quantitative estimate of drug-likeness (QED) is 0.148. The van der Waals surface area contributed by atoms with E-state index in [9.17, 15) is 14.4 Å². The maximum atomic E-state index is 13.5. The fourth-order valence-corrected chi connectivity index (χ4v) is 5.51. The van der Waals surface area contributed by atoms with Crippen molar-refractivity contribution < 1.29 is 34.3 Å². The fourth-order valence-electron chi connectivity index (χ4n) is 5.51. The topological polar surface area (TPSA) is 119 Å². The Kier molecular flexibility index (Phi) is 11.5. The molecule has 1 amide bonds. The predicted molar refractivity (Wildman–Crippen MR) is 164 cm³/mol. The molecule has 2 atom stereocenters. The molecule has 1 aliphatic carbocycles. The van der Waals surface area contributed by atoms with E-state index in [2.05, 4.69) is 41.9 Å². The molecule has 226 valence electrons. The lowest BCUT2D eigenvalue weighted by Crippen LogP contribution is -2.50. The minimum absolute atomic E-state index is 0.0629. The predicted octanol–water partition coefficient (Wildman–Crippen LogP) is 4.23. The molecule has 0 bridgehead atoms. The number of hydrogen-bond acceptors (Lipinski definition) is 6. The van der Waals surface area contributed by atoms with Gasteiger partial charge in [-0.05, 0) is 59.2 Å². The summed E-state index contributed by atoms with van der Waals surface area (Å²) in [6.45, 7) is 4.95. The molecule has 0 aromatic heterocycles. The number of fused-ring (bicyclic) bond motifs is 3. The first-order chi connectivity index (χ1) is 20.9. The van der Waals surface area contributed by atoms with Gasteiger partial charge in [-0.2, -0.15) is 0 Å². The van der Waals surface area contributed by atoms with Gasteiger partial charge in [0.05, 0.1) is 20.1 Å². The van der Waals surface area contributed by atoms with Crippen LogP contribution < -0.4 is 15.8 Å². The van der Waals surface area contributed by atoms with Crippen molar-refractivity contribution in [1.29, 1.82) is 0 Å². The highest BCUT2D eigenvalue weighted by molar-refractivity contribution is 5.88. The molecule has 0 heterocycles. The second-order valence-corrected chi connectivity index (χ2v) is 10.7. The van der Waals surface area contributed by atoms with Crippen LogP contribution in [-0.2, 0) is 30.3 Å². The van der Waals surface area contributed by atoms with E-state index in [4.69, 9.17) is 14.2 Å². The third-order valence-corrected chi connectivity index (χ3v) is 7.74. The summed E-state index contributed by atoms with van der Waals surface area (Å²) in [5.41, 5.74) is 9.26. The highest BCUT2D eigenvalue weighted by Crippen LogP contribution is 2.44. The summed E-state index contributed by atoms with van der Waals surface area (Å²) in [7, 11) is 1.29. The van der Waals surface area contributed by atoms with Crippen LogP contribution >= 0.6 is 0 Å². The number of carbonyl (C=O) groups excluding carboxylic acids is 3. The molecule has 0 fully saturated rings. The lowest BCUT2D eigenvalue weighted by molar-refractivity contribution is -0.368. The smallest absolute Gasteiger partial charge is 0.328 e. The van der Waals surface area contributed by atoms with Gasteiger partial charge in [0.15, 0.2) is 0 Å². The molecule has 4 N–H and O–H groups in total. The van der Waals surface area contributed by atoms with Crippen molar-refractivity contribution in [3.05, 3.63) is 102 Å². The molecule has 0 saturated heterocycles. The number of carbonyl (C=O) groups is 3. The molecule has 0 saturated carbocycles. The Morgan fingerprint density at radius 3 is 2.21 bits per heavy atom. The van der Waals surface area contributed by atoms with Gasteiger partial charge in [-0.15, -0.1) is 0 Å². The van der Waals surface area contributed by atoms with Crippen molar-refractivity contribution in [2.75, 3.05) is 26.9 Å². The summed E-state index contributed by atoms with van der Waals surface area (Å²) < 4.78 is 16.3. The number of rotatable bonds is 16. The van der Waals surface area contributed by atoms with E-state index in [0.29, 0.717) is 18.8 Å². The minimum atomic E-state index is -0.907. The van der Waals surface area contributed by atoms with Crippen molar-refractivity contribution in [2.45, 2.75) is 44.1 Å². The largest absolute Gasteiger partial charge is 0.490 e. The van der Waals surface area contributed by atoms with Gasteiger partial charge in [-0.25, -0.2) is 4.79 Å². The number of ether oxygens (including phenoxy) is 3. The Morgan fingerprint density at radius 2 is 1.60 bits per heavy atom. The molecule has 0 radical (unpaired) electrons. The monoisotopic (exact) mass is 585 g/mol. The summed E-state index contributed by atoms with van der Waals surface area (Å²) in [5, 5.41) is 2.84. The number of quaternary nitrogens is 1. The molecular weight excluding hydrogens is 544 g/mol. The number of hydrogen-bond donors (Lipinski definition) is 2. The number of methoxy groups -OCH3 is 1. The SMILES string of the molecule is C=CCOc1ccc(C[C@H](NC(=O)[C@@H](CCCC[NH3+])CC(=O)OCC2c3ccccc3-c3ccccc32)C(=O)OC)cc1. The molecule has 43 heavy (non-hydrogen) atoms. The number of benzene rings is 3. The Balaban J connectivity index is 1.41. The van der Waals surface area contributed by atoms with Gasteiger partial charge in [0.1, 0.15) is 25.0 Å². The maximum absolute atomic E-state index is 13.5. The zero-order chi connectivity index (χ0) is 30.6. The number of esters is 2. The van der Waals surface area contributed by atoms with E-state index in [1.54, 1.807) is 18.2 Å². The summed E-state index contributed by atoms with van der Waals surface area (Å²) in [4.78, 5) is 39.2. The number of unbranched alkanes of at least 4 members (excludes halogenated alkanes) is 1. The van der Waals surface area contributed by atoms with Crippen molar-refractivity contribution in [3.63, 3.8) is 0 Å². The molecule has 8 heteroatoms. The van der Waals surface area contributed by atoms with Crippen LogP contribution in [0.2, 0.25) is 0 Å². The van der Waals surface area contributed by atoms with E-state index in [1.165, 1.54) is 7.11 Å². The third-order valence-electron chi connectivity index (χ3n) is 7.74. The summed E-state index contributed by atoms with van der Waals surface area (Å²) in [6, 6.07) is 22.7. The first kappa shape index (κ1) is 31.5. The highest BCUT2D eigenvalue weighted by Gasteiger charge is 2.31. The van der Waals surface area contributed by atoms with E-state index >= 15 is 0 Å². The van der Waals surface area contributed by atoms with Crippen molar-refractivity contribution in [3.8, 4) is 16.9 Å². The molecular formula is C35H41N2O6+. The first-order valence-corrected chi connectivity index (χ1v) is 14.8. The van der Waals surface area contributed by atoms with Gasteiger partial charge in [0.2, 0.25) is 5.91 Å². The van der Waals surface area contributed by atoms with E-state index in [-0.39, 0.29) is 31.3 Å². The van der Waals surface area contributed by atoms with E-state index in [0.717, 1.165) is 47.2 Å². The zero-order valence-corrected chi connectivity index (χ0v) is 24.8. The van der Waals surface area contributed by atoms with Crippen LogP contribution in [-0.4, -0.2) is 50.8 Å². The van der Waals surface area contributed by atoms with Gasteiger partial charge >= 0.3 is 11.9 Å². The lowest BCUT2D eigenvalue weighted by atomic mass is 9.95. The van der Waals surface area contributed by atoms with E-state index < -0.39 is 23.9 Å². The second-order valence-electron chi connectivity index (χ2n) is 10.7. The third kappa shape index (κ3) is 8.32. The molecule has 0 aliphatic heterocycles. The van der Waals surface area contributed by atoms with Crippen molar-refractivity contribution >= 4 is 17.8 Å². The summed E-state index contributed by atoms with van der Waals surface area (Å²) in [5.74, 6) is -1.41. The molecule has 3 aromatic carbocycles. The molecule has 3 aromatic rings. The van der Waals surface area contributed by atoms with Crippen LogP contribution in [0.4, 0.5) is 0 Å². The van der Waals surface area contributed by atoms with Crippen molar-refractivity contribution in [1.82, 2.24) is 5.32 Å². The second kappa shape index (κ2) is 15.7. The van der Waals surface area contributed by atoms with Gasteiger partial charge in [0.25, 0.3) is 0 Å². The Morgan fingerprint density at radius 1 is 0.953 bits per heavy atom. The van der Waals surface area contributed by atoms with Gasteiger partial charge in [-0.3, -0.25) is 9.59 Å². The molecule has 1 aliphatic rings. The molecule has 0 unspecified atom stereocenters. The standard InChI is InChI=1S/C35H40N2O6/c1-3-20-42-26-17-15-24(16-18-26)21-32(35(40)41-2)37-34(39)25(10-8-9-19-36)22-33(38)43-23-31-29-13-6-4-11-27(29)28-12-5-7-14-30(28)31/h3-7,11-18,25,31-32H,1,8-10,19-23,36H2,2H3,(H,37,39)/p+1/t25-,32-/m0/s1. The normalized spacial score (nSPS) is 13.3. The average molecular weight is 586 g/mol. The molecule has 8 nitrogen and oxygen atoms in total.